The highest BCUT2D eigenvalue weighted by Crippen LogP contribution is 2.14. The normalized spacial score (nSPS) is 20.1. The van der Waals surface area contributed by atoms with Crippen LogP contribution in [0.2, 0.25) is 0 Å². The topological polar surface area (TPSA) is 50.3 Å². The maximum absolute atomic E-state index is 5.55. The van der Waals surface area contributed by atoms with E-state index in [1.54, 1.807) is 0 Å². The number of hydrogen-bond donors (Lipinski definition) is 1. The third-order valence-electron chi connectivity index (χ3n) is 3.06. The van der Waals surface area contributed by atoms with Crippen molar-refractivity contribution in [3.63, 3.8) is 0 Å². The lowest BCUT2D eigenvalue weighted by Crippen LogP contribution is -2.51. The Morgan fingerprint density at radius 2 is 2.22 bits per heavy atom. The molecule has 0 aliphatic carbocycles. The number of morpholine rings is 1. The second-order valence-electron chi connectivity index (χ2n) is 4.69. The van der Waals surface area contributed by atoms with Crippen molar-refractivity contribution < 1.29 is 4.74 Å². The van der Waals surface area contributed by atoms with Crippen LogP contribution in [0.5, 0.6) is 0 Å². The molecule has 1 aromatic heterocycles. The Kier molecular flexibility index (Phi) is 4.90. The predicted octanol–water partition coefficient (Wildman–Crippen LogP) is 0.990. The zero-order chi connectivity index (χ0) is 12.8. The van der Waals surface area contributed by atoms with E-state index in [0.717, 1.165) is 50.8 Å². The van der Waals surface area contributed by atoms with Gasteiger partial charge >= 0.3 is 0 Å². The molecule has 1 aliphatic heterocycles. The van der Waals surface area contributed by atoms with Gasteiger partial charge in [0.15, 0.2) is 0 Å². The number of ether oxygens (including phenoxy) is 1. The Morgan fingerprint density at radius 3 is 2.94 bits per heavy atom. The van der Waals surface area contributed by atoms with Crippen molar-refractivity contribution in [2.45, 2.75) is 26.3 Å². The summed E-state index contributed by atoms with van der Waals surface area (Å²) in [6.45, 7) is 8.50. The SMILES string of the molecule is CCCNCC1COCCN1c1ncc(C)cn1. The van der Waals surface area contributed by atoms with Crippen molar-refractivity contribution >= 4 is 5.95 Å². The van der Waals surface area contributed by atoms with E-state index in [1.807, 2.05) is 19.3 Å². The van der Waals surface area contributed by atoms with Gasteiger partial charge in [-0.3, -0.25) is 0 Å². The molecule has 100 valence electrons. The molecule has 1 atom stereocenters. The van der Waals surface area contributed by atoms with Crippen LogP contribution < -0.4 is 10.2 Å². The molecule has 0 amide bonds. The van der Waals surface area contributed by atoms with Gasteiger partial charge in [-0.1, -0.05) is 6.92 Å². The number of aryl methyl sites for hydroxylation is 1. The molecule has 0 aromatic carbocycles. The van der Waals surface area contributed by atoms with Crippen molar-refractivity contribution in [1.82, 2.24) is 15.3 Å². The van der Waals surface area contributed by atoms with Gasteiger partial charge in [0, 0.05) is 25.5 Å². The second-order valence-corrected chi connectivity index (χ2v) is 4.69. The zero-order valence-corrected chi connectivity index (χ0v) is 11.2. The number of nitrogens with one attached hydrogen (secondary N) is 1. The third kappa shape index (κ3) is 3.40. The summed E-state index contributed by atoms with van der Waals surface area (Å²) in [6, 6.07) is 0.327. The van der Waals surface area contributed by atoms with Gasteiger partial charge in [-0.2, -0.15) is 0 Å². The average molecular weight is 250 g/mol. The number of hydrogen-bond acceptors (Lipinski definition) is 5. The van der Waals surface area contributed by atoms with Crippen molar-refractivity contribution in [2.75, 3.05) is 37.7 Å². The first kappa shape index (κ1) is 13.2. The van der Waals surface area contributed by atoms with E-state index in [1.165, 1.54) is 0 Å². The molecule has 2 heterocycles. The Labute approximate surface area is 109 Å². The summed E-state index contributed by atoms with van der Waals surface area (Å²) in [5, 5.41) is 3.44. The highest BCUT2D eigenvalue weighted by molar-refractivity contribution is 5.32. The van der Waals surface area contributed by atoms with Crippen LogP contribution in [0.1, 0.15) is 18.9 Å². The Morgan fingerprint density at radius 1 is 1.44 bits per heavy atom. The van der Waals surface area contributed by atoms with Gasteiger partial charge in [-0.25, -0.2) is 9.97 Å². The monoisotopic (exact) mass is 250 g/mol. The van der Waals surface area contributed by atoms with Crippen LogP contribution in [0, 0.1) is 6.92 Å². The van der Waals surface area contributed by atoms with Gasteiger partial charge in [0.05, 0.1) is 19.3 Å². The van der Waals surface area contributed by atoms with Gasteiger partial charge < -0.3 is 15.0 Å². The van der Waals surface area contributed by atoms with E-state index in [4.69, 9.17) is 4.74 Å². The van der Waals surface area contributed by atoms with Crippen LogP contribution in [0.15, 0.2) is 12.4 Å². The van der Waals surface area contributed by atoms with Crippen molar-refractivity contribution in [2.24, 2.45) is 0 Å². The largest absolute Gasteiger partial charge is 0.377 e. The molecule has 0 saturated carbocycles. The lowest BCUT2D eigenvalue weighted by atomic mass is 10.2. The average Bonchev–Trinajstić information content (AvgIpc) is 2.41. The van der Waals surface area contributed by atoms with Crippen LogP contribution in [0.4, 0.5) is 5.95 Å². The van der Waals surface area contributed by atoms with Crippen molar-refractivity contribution in [1.29, 1.82) is 0 Å². The molecular formula is C13H22N4O. The maximum atomic E-state index is 5.55. The van der Waals surface area contributed by atoms with Crippen LogP contribution in [-0.4, -0.2) is 48.9 Å². The Bertz CT molecular complexity index is 355. The molecule has 0 radical (unpaired) electrons. The standard InChI is InChI=1S/C13H22N4O/c1-3-4-14-9-12-10-18-6-5-17(12)13-15-7-11(2)8-16-13/h7-8,12,14H,3-6,9-10H2,1-2H3. The van der Waals surface area contributed by atoms with Gasteiger partial charge in [-0.15, -0.1) is 0 Å². The van der Waals surface area contributed by atoms with Crippen molar-refractivity contribution in [3.8, 4) is 0 Å². The molecule has 1 aliphatic rings. The number of nitrogens with zero attached hydrogens (tertiary/aromatic N) is 3. The van der Waals surface area contributed by atoms with Gasteiger partial charge in [0.1, 0.15) is 0 Å². The molecule has 5 nitrogen and oxygen atoms in total. The molecule has 0 bridgehead atoms. The summed E-state index contributed by atoms with van der Waals surface area (Å²) < 4.78 is 5.55. The molecule has 1 saturated heterocycles. The van der Waals surface area contributed by atoms with E-state index < -0.39 is 0 Å². The van der Waals surface area contributed by atoms with Crippen LogP contribution >= 0.6 is 0 Å². The van der Waals surface area contributed by atoms with E-state index in [-0.39, 0.29) is 0 Å². The minimum absolute atomic E-state index is 0.327. The predicted molar refractivity (Wildman–Crippen MR) is 71.9 cm³/mol. The number of aromatic nitrogens is 2. The summed E-state index contributed by atoms with van der Waals surface area (Å²) in [5.41, 5.74) is 1.09. The molecule has 0 spiro atoms. The summed E-state index contributed by atoms with van der Waals surface area (Å²) in [7, 11) is 0. The molecule has 18 heavy (non-hydrogen) atoms. The Hall–Kier alpha value is -1.20. The fourth-order valence-corrected chi connectivity index (χ4v) is 2.07. The molecule has 1 unspecified atom stereocenters. The molecule has 5 heteroatoms. The second kappa shape index (κ2) is 6.66. The maximum Gasteiger partial charge on any atom is 0.225 e. The lowest BCUT2D eigenvalue weighted by Gasteiger charge is -2.35. The highest BCUT2D eigenvalue weighted by Gasteiger charge is 2.24. The molecule has 2 rings (SSSR count). The van der Waals surface area contributed by atoms with Gasteiger partial charge in [0.2, 0.25) is 5.95 Å². The van der Waals surface area contributed by atoms with E-state index in [9.17, 15) is 0 Å². The first-order chi connectivity index (χ1) is 8.81. The molecule has 1 aromatic rings. The Balaban J connectivity index is 2.00. The third-order valence-corrected chi connectivity index (χ3v) is 3.06. The minimum atomic E-state index is 0.327. The zero-order valence-electron chi connectivity index (χ0n) is 11.2. The van der Waals surface area contributed by atoms with E-state index in [2.05, 4.69) is 27.1 Å². The van der Waals surface area contributed by atoms with E-state index in [0.29, 0.717) is 6.04 Å². The van der Waals surface area contributed by atoms with E-state index >= 15 is 0 Å². The van der Waals surface area contributed by atoms with Crippen LogP contribution in [0.3, 0.4) is 0 Å². The first-order valence-electron chi connectivity index (χ1n) is 6.65. The van der Waals surface area contributed by atoms with Gasteiger partial charge in [0.25, 0.3) is 0 Å². The smallest absolute Gasteiger partial charge is 0.225 e. The number of rotatable bonds is 5. The molecule has 1 N–H and O–H groups in total. The fourth-order valence-electron chi connectivity index (χ4n) is 2.07. The molecular weight excluding hydrogens is 228 g/mol. The minimum Gasteiger partial charge on any atom is -0.377 e. The lowest BCUT2D eigenvalue weighted by molar-refractivity contribution is 0.0929. The summed E-state index contributed by atoms with van der Waals surface area (Å²) >= 11 is 0. The van der Waals surface area contributed by atoms with Gasteiger partial charge in [-0.05, 0) is 25.5 Å². The quantitative estimate of drug-likeness (QED) is 0.790. The van der Waals surface area contributed by atoms with Crippen LogP contribution in [0.25, 0.3) is 0 Å². The molecule has 1 fully saturated rings. The summed E-state index contributed by atoms with van der Waals surface area (Å²) in [6.07, 6.45) is 4.89. The first-order valence-corrected chi connectivity index (χ1v) is 6.65. The number of anilines is 1. The fraction of sp³-hybridized carbons (Fsp3) is 0.692. The van der Waals surface area contributed by atoms with Crippen molar-refractivity contribution in [3.05, 3.63) is 18.0 Å². The summed E-state index contributed by atoms with van der Waals surface area (Å²) in [5.74, 6) is 0.812. The summed E-state index contributed by atoms with van der Waals surface area (Å²) in [4.78, 5) is 11.1. The van der Waals surface area contributed by atoms with Crippen LogP contribution in [-0.2, 0) is 4.74 Å². The highest BCUT2D eigenvalue weighted by atomic mass is 16.5.